The number of hydrogen-bond donors (Lipinski definition) is 1. The molecule has 21 heavy (non-hydrogen) atoms. The van der Waals surface area contributed by atoms with Crippen molar-refractivity contribution in [2.24, 2.45) is 0 Å². The molecule has 1 aliphatic carbocycles. The molecule has 0 unspecified atom stereocenters. The van der Waals surface area contributed by atoms with E-state index in [1.165, 1.54) is 12.8 Å². The van der Waals surface area contributed by atoms with Crippen LogP contribution in [-0.4, -0.2) is 63.7 Å². The van der Waals surface area contributed by atoms with Gasteiger partial charge in [-0.15, -0.1) is 0 Å². The van der Waals surface area contributed by atoms with Crippen molar-refractivity contribution in [1.82, 2.24) is 14.4 Å². The highest BCUT2D eigenvalue weighted by molar-refractivity contribution is 5.93. The molecular formula is C16H25N3O2. The molecule has 3 rings (SSSR count). The number of β-amino-alcohol motifs (C(OH)–C–C–N with tert-alkyl or cyclic N) is 1. The largest absolute Gasteiger partial charge is 0.389 e. The third-order valence-electron chi connectivity index (χ3n) is 4.21. The van der Waals surface area contributed by atoms with Crippen molar-refractivity contribution in [3.63, 3.8) is 0 Å². The first-order valence-electron chi connectivity index (χ1n) is 7.85. The van der Waals surface area contributed by atoms with Crippen LogP contribution in [0.5, 0.6) is 0 Å². The average molecular weight is 291 g/mol. The summed E-state index contributed by atoms with van der Waals surface area (Å²) >= 11 is 0. The highest BCUT2D eigenvalue weighted by atomic mass is 16.3. The molecule has 0 bridgehead atoms. The molecule has 1 aliphatic heterocycles. The molecule has 2 heterocycles. The monoisotopic (exact) mass is 291 g/mol. The van der Waals surface area contributed by atoms with Crippen LogP contribution in [0.4, 0.5) is 0 Å². The maximum Gasteiger partial charge on any atom is 0.270 e. The topological polar surface area (TPSA) is 48.7 Å². The molecular weight excluding hydrogens is 266 g/mol. The van der Waals surface area contributed by atoms with Gasteiger partial charge in [0.1, 0.15) is 5.69 Å². The van der Waals surface area contributed by atoms with E-state index in [0.717, 1.165) is 31.9 Å². The molecule has 1 aromatic heterocycles. The fraction of sp³-hybridized carbons (Fsp3) is 0.688. The summed E-state index contributed by atoms with van der Waals surface area (Å²) in [5.41, 5.74) is 0.153. The Bertz CT molecular complexity index is 506. The average Bonchev–Trinajstić information content (AvgIpc) is 3.14. The second-order valence-electron chi connectivity index (χ2n) is 6.91. The summed E-state index contributed by atoms with van der Waals surface area (Å²) in [4.78, 5) is 16.8. The predicted molar refractivity (Wildman–Crippen MR) is 81.3 cm³/mol. The van der Waals surface area contributed by atoms with E-state index in [2.05, 4.69) is 9.47 Å². The Morgan fingerprint density at radius 1 is 1.29 bits per heavy atom. The second-order valence-corrected chi connectivity index (χ2v) is 6.91. The predicted octanol–water partition coefficient (Wildman–Crippen LogP) is 1.35. The molecule has 1 saturated heterocycles. The van der Waals surface area contributed by atoms with Crippen molar-refractivity contribution in [2.75, 3.05) is 32.7 Å². The molecule has 1 aromatic rings. The third kappa shape index (κ3) is 3.47. The first-order chi connectivity index (χ1) is 9.94. The molecule has 0 aromatic carbocycles. The molecule has 0 atom stereocenters. The molecule has 5 nitrogen and oxygen atoms in total. The molecule has 116 valence electrons. The van der Waals surface area contributed by atoms with E-state index in [-0.39, 0.29) is 5.91 Å². The van der Waals surface area contributed by atoms with Crippen LogP contribution in [0.15, 0.2) is 18.3 Å². The van der Waals surface area contributed by atoms with Crippen molar-refractivity contribution in [3.05, 3.63) is 24.0 Å². The summed E-state index contributed by atoms with van der Waals surface area (Å²) in [5.74, 6) is 0.148. The standard InChI is InChI=1S/C16H25N3O2/c1-16(2,21)12-17-8-10-18(11-9-17)15(20)14-4-3-7-19(14)13-5-6-13/h3-4,7,13,21H,5-6,8-12H2,1-2H3. The number of hydrogen-bond acceptors (Lipinski definition) is 3. The van der Waals surface area contributed by atoms with Crippen molar-refractivity contribution in [3.8, 4) is 0 Å². The van der Waals surface area contributed by atoms with Crippen molar-refractivity contribution < 1.29 is 9.90 Å². The Labute approximate surface area is 126 Å². The van der Waals surface area contributed by atoms with Gasteiger partial charge < -0.3 is 14.6 Å². The minimum absolute atomic E-state index is 0.148. The fourth-order valence-corrected chi connectivity index (χ4v) is 3.06. The molecule has 2 aliphatic rings. The summed E-state index contributed by atoms with van der Waals surface area (Å²) in [6.45, 7) is 7.46. The zero-order valence-electron chi connectivity index (χ0n) is 13.0. The van der Waals surface area contributed by atoms with Crippen molar-refractivity contribution in [1.29, 1.82) is 0 Å². The normalized spacial score (nSPS) is 20.8. The molecule has 0 radical (unpaired) electrons. The Balaban J connectivity index is 1.59. The molecule has 1 saturated carbocycles. The number of aliphatic hydroxyl groups is 1. The van der Waals surface area contributed by atoms with E-state index in [1.807, 2.05) is 37.1 Å². The van der Waals surface area contributed by atoms with Crippen LogP contribution in [0.3, 0.4) is 0 Å². The minimum atomic E-state index is -0.674. The first kappa shape index (κ1) is 14.6. The number of nitrogens with zero attached hydrogens (tertiary/aromatic N) is 3. The number of rotatable bonds is 4. The fourth-order valence-electron chi connectivity index (χ4n) is 3.06. The van der Waals surface area contributed by atoms with Crippen LogP contribution >= 0.6 is 0 Å². The Morgan fingerprint density at radius 3 is 2.52 bits per heavy atom. The third-order valence-corrected chi connectivity index (χ3v) is 4.21. The maximum atomic E-state index is 12.6. The SMILES string of the molecule is CC(C)(O)CN1CCN(C(=O)c2cccn2C2CC2)CC1. The number of carbonyl (C=O) groups is 1. The lowest BCUT2D eigenvalue weighted by Gasteiger charge is -2.37. The highest BCUT2D eigenvalue weighted by Gasteiger charge is 2.30. The lowest BCUT2D eigenvalue weighted by Crippen LogP contribution is -2.52. The van der Waals surface area contributed by atoms with Gasteiger partial charge in [0.25, 0.3) is 5.91 Å². The lowest BCUT2D eigenvalue weighted by molar-refractivity contribution is 0.0176. The quantitative estimate of drug-likeness (QED) is 0.911. The Kier molecular flexibility index (Phi) is 3.80. The highest BCUT2D eigenvalue weighted by Crippen LogP contribution is 2.36. The summed E-state index contributed by atoms with van der Waals surface area (Å²) in [5, 5.41) is 9.87. The van der Waals surface area contributed by atoms with Crippen molar-refractivity contribution >= 4 is 5.91 Å². The van der Waals surface area contributed by atoms with Gasteiger partial charge in [0.05, 0.1) is 5.60 Å². The summed E-state index contributed by atoms with van der Waals surface area (Å²) in [6, 6.07) is 4.44. The Morgan fingerprint density at radius 2 is 1.95 bits per heavy atom. The molecule has 1 N–H and O–H groups in total. The van der Waals surface area contributed by atoms with Crippen LogP contribution in [0.2, 0.25) is 0 Å². The lowest BCUT2D eigenvalue weighted by atomic mass is 10.1. The van der Waals surface area contributed by atoms with Gasteiger partial charge in [-0.3, -0.25) is 9.69 Å². The minimum Gasteiger partial charge on any atom is -0.389 e. The van der Waals surface area contributed by atoms with Gasteiger partial charge >= 0.3 is 0 Å². The van der Waals surface area contributed by atoms with Gasteiger partial charge in [-0.25, -0.2) is 0 Å². The van der Waals surface area contributed by atoms with Gasteiger partial charge in [-0.05, 0) is 38.8 Å². The van der Waals surface area contributed by atoms with Crippen LogP contribution in [0.1, 0.15) is 43.2 Å². The molecule has 1 amide bonds. The van der Waals surface area contributed by atoms with Gasteiger partial charge in [0.2, 0.25) is 0 Å². The second kappa shape index (κ2) is 5.46. The maximum absolute atomic E-state index is 12.6. The van der Waals surface area contributed by atoms with Gasteiger partial charge in [-0.1, -0.05) is 0 Å². The Hall–Kier alpha value is -1.33. The zero-order chi connectivity index (χ0) is 15.0. The van der Waals surface area contributed by atoms with E-state index in [1.54, 1.807) is 0 Å². The van der Waals surface area contributed by atoms with E-state index in [4.69, 9.17) is 0 Å². The van der Waals surface area contributed by atoms with E-state index in [0.29, 0.717) is 12.6 Å². The van der Waals surface area contributed by atoms with Gasteiger partial charge in [-0.2, -0.15) is 0 Å². The molecule has 5 heteroatoms. The van der Waals surface area contributed by atoms with E-state index in [9.17, 15) is 9.90 Å². The summed E-state index contributed by atoms with van der Waals surface area (Å²) in [7, 11) is 0. The zero-order valence-corrected chi connectivity index (χ0v) is 13.0. The summed E-state index contributed by atoms with van der Waals surface area (Å²) in [6.07, 6.45) is 4.40. The van der Waals surface area contributed by atoms with E-state index >= 15 is 0 Å². The van der Waals surface area contributed by atoms with E-state index < -0.39 is 5.60 Å². The first-order valence-corrected chi connectivity index (χ1v) is 7.85. The molecule has 2 fully saturated rings. The van der Waals surface area contributed by atoms with Crippen LogP contribution in [0, 0.1) is 0 Å². The number of piperazine rings is 1. The number of carbonyl (C=O) groups excluding carboxylic acids is 1. The van der Waals surface area contributed by atoms with Gasteiger partial charge in [0.15, 0.2) is 0 Å². The number of amides is 1. The number of aromatic nitrogens is 1. The van der Waals surface area contributed by atoms with Crippen LogP contribution in [0.25, 0.3) is 0 Å². The smallest absolute Gasteiger partial charge is 0.270 e. The van der Waals surface area contributed by atoms with Crippen LogP contribution in [-0.2, 0) is 0 Å². The van der Waals surface area contributed by atoms with Gasteiger partial charge in [0, 0.05) is 45.0 Å². The summed E-state index contributed by atoms with van der Waals surface area (Å²) < 4.78 is 2.13. The van der Waals surface area contributed by atoms with Crippen LogP contribution < -0.4 is 0 Å². The van der Waals surface area contributed by atoms with Crippen molar-refractivity contribution in [2.45, 2.75) is 38.3 Å². The molecule has 0 spiro atoms.